The van der Waals surface area contributed by atoms with Crippen LogP contribution in [0.4, 0.5) is 0 Å². The van der Waals surface area contributed by atoms with Gasteiger partial charge in [-0.1, -0.05) is 36.8 Å². The molecule has 2 aliphatic rings. The monoisotopic (exact) mass is 302 g/mol. The molecule has 22 heavy (non-hydrogen) atoms. The van der Waals surface area contributed by atoms with Crippen LogP contribution in [0.1, 0.15) is 30.9 Å². The minimum atomic E-state index is -0.775. The van der Waals surface area contributed by atoms with Crippen molar-refractivity contribution in [3.8, 4) is 0 Å². The van der Waals surface area contributed by atoms with Gasteiger partial charge in [-0.3, -0.25) is 20.4 Å². The maximum absolute atomic E-state index is 12.6. The van der Waals surface area contributed by atoms with Crippen LogP contribution < -0.4 is 21.9 Å². The maximum Gasteiger partial charge on any atom is 0.244 e. The fraction of sp³-hybridized carbons (Fsp3) is 0.500. The van der Waals surface area contributed by atoms with Crippen molar-refractivity contribution in [3.05, 3.63) is 35.9 Å². The molecule has 6 heteroatoms. The van der Waals surface area contributed by atoms with Crippen LogP contribution in [0.3, 0.4) is 0 Å². The second kappa shape index (κ2) is 6.46. The predicted octanol–water partition coefficient (Wildman–Crippen LogP) is 0.222. The number of amides is 2. The fourth-order valence-electron chi connectivity index (χ4n) is 3.55. The van der Waals surface area contributed by atoms with Crippen molar-refractivity contribution < 1.29 is 9.59 Å². The van der Waals surface area contributed by atoms with E-state index >= 15 is 0 Å². The third kappa shape index (κ3) is 2.98. The molecule has 1 aromatic rings. The molecule has 118 valence electrons. The lowest BCUT2D eigenvalue weighted by molar-refractivity contribution is -0.131. The van der Waals surface area contributed by atoms with Crippen LogP contribution in [0.5, 0.6) is 0 Å². The summed E-state index contributed by atoms with van der Waals surface area (Å²) < 4.78 is 0. The smallest absolute Gasteiger partial charge is 0.244 e. The Morgan fingerprint density at radius 3 is 2.73 bits per heavy atom. The lowest BCUT2D eigenvalue weighted by atomic mass is 9.77. The van der Waals surface area contributed by atoms with Gasteiger partial charge in [-0.15, -0.1) is 0 Å². The molecular weight excluding hydrogens is 280 g/mol. The average Bonchev–Trinajstić information content (AvgIpc) is 3.01. The lowest BCUT2D eigenvalue weighted by Gasteiger charge is -2.32. The van der Waals surface area contributed by atoms with E-state index in [1.807, 2.05) is 18.2 Å². The number of rotatable bonds is 4. The molecule has 1 aliphatic carbocycles. The number of benzene rings is 1. The van der Waals surface area contributed by atoms with Crippen LogP contribution in [0.25, 0.3) is 0 Å². The van der Waals surface area contributed by atoms with E-state index in [0.717, 1.165) is 25.8 Å². The summed E-state index contributed by atoms with van der Waals surface area (Å²) in [5.41, 5.74) is 12.5. The Balaban J connectivity index is 1.72. The Labute approximate surface area is 129 Å². The first-order chi connectivity index (χ1) is 10.7. The molecule has 0 bridgehead atoms. The molecule has 3 rings (SSSR count). The van der Waals surface area contributed by atoms with Gasteiger partial charge in [0, 0.05) is 12.6 Å². The first kappa shape index (κ1) is 15.0. The number of hydrazine groups is 1. The van der Waals surface area contributed by atoms with Crippen LogP contribution in [-0.2, 0) is 9.59 Å². The highest BCUT2D eigenvalue weighted by molar-refractivity contribution is 5.88. The summed E-state index contributed by atoms with van der Waals surface area (Å²) in [6, 6.07) is 8.49. The van der Waals surface area contributed by atoms with Gasteiger partial charge in [-0.05, 0) is 24.3 Å². The van der Waals surface area contributed by atoms with Crippen LogP contribution in [-0.4, -0.2) is 24.4 Å². The molecule has 6 nitrogen and oxygen atoms in total. The van der Waals surface area contributed by atoms with E-state index in [9.17, 15) is 9.59 Å². The zero-order valence-corrected chi connectivity index (χ0v) is 12.4. The van der Waals surface area contributed by atoms with Gasteiger partial charge in [0.1, 0.15) is 6.04 Å². The summed E-state index contributed by atoms with van der Waals surface area (Å²) in [5.74, 6) is -0.282. The largest absolute Gasteiger partial charge is 0.368 e. The third-order valence-corrected chi connectivity index (χ3v) is 4.71. The van der Waals surface area contributed by atoms with Crippen molar-refractivity contribution in [2.45, 2.75) is 31.3 Å². The Kier molecular flexibility index (Phi) is 4.40. The van der Waals surface area contributed by atoms with Gasteiger partial charge in [0.2, 0.25) is 11.8 Å². The molecule has 0 radical (unpaired) electrons. The summed E-state index contributed by atoms with van der Waals surface area (Å²) in [7, 11) is 0. The van der Waals surface area contributed by atoms with Crippen molar-refractivity contribution in [2.75, 3.05) is 6.54 Å². The van der Waals surface area contributed by atoms with Gasteiger partial charge in [0.25, 0.3) is 0 Å². The second-order valence-electron chi connectivity index (χ2n) is 6.10. The van der Waals surface area contributed by atoms with Crippen LogP contribution in [0.15, 0.2) is 30.3 Å². The normalized spacial score (nSPS) is 28.6. The summed E-state index contributed by atoms with van der Waals surface area (Å²) in [6.45, 7) is 0.895. The van der Waals surface area contributed by atoms with E-state index < -0.39 is 11.9 Å². The highest BCUT2D eigenvalue weighted by atomic mass is 16.2. The number of nitrogens with two attached hydrogens (primary N) is 1. The summed E-state index contributed by atoms with van der Waals surface area (Å²) in [4.78, 5) is 24.4. The molecule has 0 aromatic heterocycles. The molecule has 2 amide bonds. The minimum Gasteiger partial charge on any atom is -0.368 e. The highest BCUT2D eigenvalue weighted by Gasteiger charge is 2.40. The first-order valence-electron chi connectivity index (χ1n) is 7.80. The number of carbonyl (C=O) groups is 2. The summed E-state index contributed by atoms with van der Waals surface area (Å²) in [6.07, 6.45) is 3.00. The summed E-state index contributed by atoms with van der Waals surface area (Å²) >= 11 is 0. The van der Waals surface area contributed by atoms with E-state index in [0.29, 0.717) is 11.5 Å². The van der Waals surface area contributed by atoms with Gasteiger partial charge >= 0.3 is 0 Å². The third-order valence-electron chi connectivity index (χ3n) is 4.71. The van der Waals surface area contributed by atoms with Crippen molar-refractivity contribution in [2.24, 2.45) is 17.6 Å². The highest BCUT2D eigenvalue weighted by Crippen LogP contribution is 2.31. The van der Waals surface area contributed by atoms with Crippen LogP contribution in [0.2, 0.25) is 0 Å². The molecule has 1 aliphatic heterocycles. The Morgan fingerprint density at radius 2 is 2.00 bits per heavy atom. The molecule has 2 fully saturated rings. The second-order valence-corrected chi connectivity index (χ2v) is 6.10. The Bertz CT molecular complexity index is 548. The van der Waals surface area contributed by atoms with Gasteiger partial charge in [0.05, 0.1) is 5.92 Å². The molecule has 5 N–H and O–H groups in total. The average molecular weight is 302 g/mol. The Hall–Kier alpha value is -1.92. The molecular formula is C16H22N4O2. The van der Waals surface area contributed by atoms with Gasteiger partial charge in [-0.25, -0.2) is 0 Å². The molecule has 1 saturated carbocycles. The molecule has 4 unspecified atom stereocenters. The van der Waals surface area contributed by atoms with E-state index in [1.165, 1.54) is 0 Å². The number of hydrogen-bond acceptors (Lipinski definition) is 4. The minimum absolute atomic E-state index is 0.0986. The zero-order chi connectivity index (χ0) is 15.5. The molecule has 4 atom stereocenters. The standard InChI is InChI=1S/C16H22N4O2/c17-15(21)14(10-5-2-1-3-6-10)19-16(22)12-8-4-7-11-9-18-20-13(11)12/h1-3,5-6,11-14,18,20H,4,7-9H2,(H2,17,21)(H,19,22). The van der Waals surface area contributed by atoms with E-state index in [4.69, 9.17) is 5.73 Å². The number of fused-ring (bicyclic) bond motifs is 1. The van der Waals surface area contributed by atoms with E-state index in [-0.39, 0.29) is 17.9 Å². The number of nitrogens with one attached hydrogen (secondary N) is 3. The summed E-state index contributed by atoms with van der Waals surface area (Å²) in [5, 5.41) is 2.83. The van der Waals surface area contributed by atoms with E-state index in [2.05, 4.69) is 16.2 Å². The van der Waals surface area contributed by atoms with Crippen molar-refractivity contribution in [3.63, 3.8) is 0 Å². The van der Waals surface area contributed by atoms with E-state index in [1.54, 1.807) is 12.1 Å². The quantitative estimate of drug-likeness (QED) is 0.640. The molecule has 0 spiro atoms. The van der Waals surface area contributed by atoms with Crippen LogP contribution >= 0.6 is 0 Å². The number of primary amides is 1. The topological polar surface area (TPSA) is 96.2 Å². The fourth-order valence-corrected chi connectivity index (χ4v) is 3.55. The maximum atomic E-state index is 12.6. The molecule has 1 saturated heterocycles. The van der Waals surface area contributed by atoms with Gasteiger partial charge in [-0.2, -0.15) is 0 Å². The predicted molar refractivity (Wildman–Crippen MR) is 82.3 cm³/mol. The Morgan fingerprint density at radius 1 is 1.23 bits per heavy atom. The molecule has 1 heterocycles. The van der Waals surface area contributed by atoms with Crippen molar-refractivity contribution in [1.29, 1.82) is 0 Å². The SMILES string of the molecule is NC(=O)C(NC(=O)C1CCCC2CNNC21)c1ccccc1. The van der Waals surface area contributed by atoms with Crippen LogP contribution in [0, 0.1) is 11.8 Å². The van der Waals surface area contributed by atoms with Gasteiger partial charge in [0.15, 0.2) is 0 Å². The number of carbonyl (C=O) groups excluding carboxylic acids is 2. The number of hydrogen-bond donors (Lipinski definition) is 4. The van der Waals surface area contributed by atoms with Gasteiger partial charge < -0.3 is 11.1 Å². The zero-order valence-electron chi connectivity index (χ0n) is 12.4. The molecule has 1 aromatic carbocycles. The lowest BCUT2D eigenvalue weighted by Crippen LogP contribution is -2.49. The van der Waals surface area contributed by atoms with Crippen molar-refractivity contribution in [1.82, 2.24) is 16.2 Å². The first-order valence-corrected chi connectivity index (χ1v) is 7.80. The van der Waals surface area contributed by atoms with Crippen molar-refractivity contribution >= 4 is 11.8 Å².